The first-order valence-electron chi connectivity index (χ1n) is 10.8. The molecule has 0 bridgehead atoms. The third kappa shape index (κ3) is 3.79. The molecule has 1 aromatic rings. The maximum atomic E-state index is 13.3. The molecule has 3 aliphatic heterocycles. The molecule has 1 aromatic carbocycles. The Bertz CT molecular complexity index is 904. The number of amides is 1. The molecule has 1 saturated carbocycles. The van der Waals surface area contributed by atoms with Crippen LogP contribution in [0.2, 0.25) is 0 Å². The number of carbonyl (C=O) groups excluding carboxylic acids is 1. The zero-order chi connectivity index (χ0) is 21.6. The van der Waals surface area contributed by atoms with Crippen molar-refractivity contribution in [2.24, 2.45) is 4.99 Å². The van der Waals surface area contributed by atoms with Gasteiger partial charge in [0.2, 0.25) is 0 Å². The van der Waals surface area contributed by atoms with Crippen LogP contribution >= 0.6 is 0 Å². The SMILES string of the molecule is O=C1OCc2ccccc2N1C1CCN(C2N=C(C(F)(F)F)C=CN2C2CCC2)CC1. The summed E-state index contributed by atoms with van der Waals surface area (Å²) in [5.41, 5.74) is 1.01. The van der Waals surface area contributed by atoms with E-state index in [0.717, 1.165) is 36.6 Å². The Morgan fingerprint density at radius 2 is 1.77 bits per heavy atom. The number of carbonyl (C=O) groups is 1. The molecule has 1 atom stereocenters. The molecular formula is C22H25F3N4O2. The van der Waals surface area contributed by atoms with Crippen molar-refractivity contribution in [3.63, 3.8) is 0 Å². The molecule has 1 amide bonds. The molecular weight excluding hydrogens is 409 g/mol. The average molecular weight is 434 g/mol. The number of rotatable bonds is 3. The fourth-order valence-corrected chi connectivity index (χ4v) is 4.80. The van der Waals surface area contributed by atoms with E-state index in [1.54, 1.807) is 11.1 Å². The number of nitrogens with zero attached hydrogens (tertiary/aromatic N) is 4. The number of likely N-dealkylation sites (tertiary alicyclic amines) is 1. The lowest BCUT2D eigenvalue weighted by Crippen LogP contribution is -2.57. The summed E-state index contributed by atoms with van der Waals surface area (Å²) in [5.74, 6) is 0. The lowest BCUT2D eigenvalue weighted by atomic mass is 9.91. The monoisotopic (exact) mass is 434 g/mol. The van der Waals surface area contributed by atoms with Gasteiger partial charge in [-0.1, -0.05) is 18.2 Å². The molecule has 3 heterocycles. The number of alkyl halides is 3. The van der Waals surface area contributed by atoms with Gasteiger partial charge in [0, 0.05) is 36.9 Å². The maximum Gasteiger partial charge on any atom is 0.433 e. The lowest BCUT2D eigenvalue weighted by Gasteiger charge is -2.48. The molecule has 1 saturated heterocycles. The molecule has 166 valence electrons. The number of allylic oxidation sites excluding steroid dienone is 1. The van der Waals surface area contributed by atoms with E-state index in [1.165, 1.54) is 0 Å². The molecule has 1 unspecified atom stereocenters. The van der Waals surface area contributed by atoms with Crippen LogP contribution in [0.4, 0.5) is 23.7 Å². The van der Waals surface area contributed by atoms with E-state index < -0.39 is 18.2 Å². The molecule has 6 nitrogen and oxygen atoms in total. The first kappa shape index (κ1) is 20.4. The summed E-state index contributed by atoms with van der Waals surface area (Å²) in [7, 11) is 0. The van der Waals surface area contributed by atoms with Crippen molar-refractivity contribution in [3.05, 3.63) is 42.1 Å². The van der Waals surface area contributed by atoms with Crippen LogP contribution in [0.1, 0.15) is 37.7 Å². The molecule has 1 aliphatic carbocycles. The minimum atomic E-state index is -4.46. The van der Waals surface area contributed by atoms with Crippen LogP contribution in [-0.4, -0.2) is 59.2 Å². The van der Waals surface area contributed by atoms with Gasteiger partial charge in [-0.3, -0.25) is 9.80 Å². The van der Waals surface area contributed by atoms with Crippen molar-refractivity contribution >= 4 is 17.5 Å². The Labute approximate surface area is 179 Å². The molecule has 9 heteroatoms. The van der Waals surface area contributed by atoms with Crippen LogP contribution < -0.4 is 4.90 Å². The fourth-order valence-electron chi connectivity index (χ4n) is 4.80. The Morgan fingerprint density at radius 3 is 2.45 bits per heavy atom. The lowest BCUT2D eigenvalue weighted by molar-refractivity contribution is -0.0618. The highest BCUT2D eigenvalue weighted by molar-refractivity contribution is 6.00. The van der Waals surface area contributed by atoms with E-state index in [4.69, 9.17) is 4.74 Å². The summed E-state index contributed by atoms with van der Waals surface area (Å²) in [5, 5.41) is 0. The Morgan fingerprint density at radius 1 is 1.03 bits per heavy atom. The Hall–Kier alpha value is -2.55. The van der Waals surface area contributed by atoms with Gasteiger partial charge >= 0.3 is 12.3 Å². The minimum Gasteiger partial charge on any atom is -0.444 e. The van der Waals surface area contributed by atoms with Gasteiger partial charge in [0.05, 0.1) is 5.69 Å². The second kappa shape index (κ2) is 7.85. The Balaban J connectivity index is 1.33. The van der Waals surface area contributed by atoms with Gasteiger partial charge in [-0.25, -0.2) is 9.79 Å². The largest absolute Gasteiger partial charge is 0.444 e. The zero-order valence-electron chi connectivity index (χ0n) is 17.1. The third-order valence-electron chi connectivity index (χ3n) is 6.70. The average Bonchev–Trinajstić information content (AvgIpc) is 2.72. The highest BCUT2D eigenvalue weighted by Gasteiger charge is 2.42. The van der Waals surface area contributed by atoms with Crippen LogP contribution in [0.25, 0.3) is 0 Å². The number of hydrogen-bond donors (Lipinski definition) is 0. The molecule has 0 radical (unpaired) electrons. The van der Waals surface area contributed by atoms with Gasteiger partial charge in [-0.05, 0) is 44.2 Å². The molecule has 4 aliphatic rings. The van der Waals surface area contributed by atoms with E-state index in [1.807, 2.05) is 34.1 Å². The molecule has 31 heavy (non-hydrogen) atoms. The van der Waals surface area contributed by atoms with Gasteiger partial charge in [0.15, 0.2) is 6.29 Å². The van der Waals surface area contributed by atoms with Crippen molar-refractivity contribution in [3.8, 4) is 0 Å². The van der Waals surface area contributed by atoms with E-state index in [0.29, 0.717) is 25.9 Å². The fraction of sp³-hybridized carbons (Fsp3) is 0.545. The number of cyclic esters (lactones) is 1. The summed E-state index contributed by atoms with van der Waals surface area (Å²) < 4.78 is 45.3. The van der Waals surface area contributed by atoms with E-state index in [9.17, 15) is 18.0 Å². The third-order valence-corrected chi connectivity index (χ3v) is 6.70. The second-order valence-electron chi connectivity index (χ2n) is 8.53. The number of anilines is 1. The predicted octanol–water partition coefficient (Wildman–Crippen LogP) is 4.28. The van der Waals surface area contributed by atoms with Crippen LogP contribution in [0, 0.1) is 0 Å². The molecule has 5 rings (SSSR count). The van der Waals surface area contributed by atoms with Crippen molar-refractivity contribution < 1.29 is 22.7 Å². The van der Waals surface area contributed by atoms with Crippen molar-refractivity contribution in [1.82, 2.24) is 9.80 Å². The van der Waals surface area contributed by atoms with E-state index in [-0.39, 0.29) is 24.8 Å². The predicted molar refractivity (Wildman–Crippen MR) is 110 cm³/mol. The standard InChI is InChI=1S/C22H25F3N4O2/c23-22(24,25)19-10-13-28(16-5-3-6-16)20(26-19)27-11-8-17(9-12-27)29-18-7-2-1-4-15(18)14-31-21(29)30/h1-2,4,7,10,13,16-17,20H,3,5-6,8-9,11-12,14H2. The summed E-state index contributed by atoms with van der Waals surface area (Å²) in [6.45, 7) is 1.39. The van der Waals surface area contributed by atoms with Crippen molar-refractivity contribution in [2.75, 3.05) is 18.0 Å². The number of para-hydroxylation sites is 1. The number of aliphatic imine (C=N–C) groups is 1. The van der Waals surface area contributed by atoms with E-state index >= 15 is 0 Å². The smallest absolute Gasteiger partial charge is 0.433 e. The number of halogens is 3. The highest BCUT2D eigenvalue weighted by Crippen LogP contribution is 2.35. The first-order chi connectivity index (χ1) is 14.9. The molecule has 0 spiro atoms. The zero-order valence-corrected chi connectivity index (χ0v) is 17.1. The summed E-state index contributed by atoms with van der Waals surface area (Å²) in [6, 6.07) is 7.88. The normalized spacial score (nSPS) is 25.7. The minimum absolute atomic E-state index is 0.0486. The van der Waals surface area contributed by atoms with E-state index in [2.05, 4.69) is 4.99 Å². The van der Waals surface area contributed by atoms with Gasteiger partial charge < -0.3 is 9.64 Å². The number of piperidine rings is 1. The summed E-state index contributed by atoms with van der Waals surface area (Å²) in [4.78, 5) is 22.3. The maximum absolute atomic E-state index is 13.3. The Kier molecular flexibility index (Phi) is 5.16. The number of ether oxygens (including phenoxy) is 1. The summed E-state index contributed by atoms with van der Waals surface area (Å²) in [6.07, 6.45) is 1.54. The number of hydrogen-bond acceptors (Lipinski definition) is 5. The van der Waals surface area contributed by atoms with Gasteiger partial charge in [-0.2, -0.15) is 13.2 Å². The number of benzene rings is 1. The van der Waals surface area contributed by atoms with Gasteiger partial charge in [0.1, 0.15) is 12.3 Å². The molecule has 0 aromatic heterocycles. The highest BCUT2D eigenvalue weighted by atomic mass is 19.4. The van der Waals surface area contributed by atoms with Crippen molar-refractivity contribution in [2.45, 2.75) is 63.3 Å². The van der Waals surface area contributed by atoms with Crippen LogP contribution in [0.3, 0.4) is 0 Å². The summed E-state index contributed by atoms with van der Waals surface area (Å²) >= 11 is 0. The topological polar surface area (TPSA) is 48.4 Å². The van der Waals surface area contributed by atoms with Gasteiger partial charge in [0.25, 0.3) is 0 Å². The second-order valence-corrected chi connectivity index (χ2v) is 8.53. The van der Waals surface area contributed by atoms with Crippen LogP contribution in [-0.2, 0) is 11.3 Å². The van der Waals surface area contributed by atoms with Gasteiger partial charge in [-0.15, -0.1) is 0 Å². The van der Waals surface area contributed by atoms with Crippen molar-refractivity contribution in [1.29, 1.82) is 0 Å². The van der Waals surface area contributed by atoms with Crippen LogP contribution in [0.5, 0.6) is 0 Å². The quantitative estimate of drug-likeness (QED) is 0.713. The number of fused-ring (bicyclic) bond motifs is 1. The first-order valence-corrected chi connectivity index (χ1v) is 10.8. The molecule has 0 N–H and O–H groups in total. The van der Waals surface area contributed by atoms with Crippen LogP contribution in [0.15, 0.2) is 41.5 Å². The molecule has 2 fully saturated rings.